The van der Waals surface area contributed by atoms with Crippen LogP contribution in [0.15, 0.2) is 18.2 Å². The number of halogens is 3. The number of benzene rings is 1. The molecule has 2 nitrogen and oxygen atoms in total. The molecule has 1 saturated carbocycles. The van der Waals surface area contributed by atoms with Gasteiger partial charge in [-0.15, -0.1) is 0 Å². The third-order valence-electron chi connectivity index (χ3n) is 2.49. The molecule has 0 saturated heterocycles. The van der Waals surface area contributed by atoms with Crippen molar-refractivity contribution in [3.63, 3.8) is 0 Å². The third-order valence-corrected chi connectivity index (χ3v) is 2.49. The van der Waals surface area contributed by atoms with Crippen LogP contribution in [0, 0.1) is 5.82 Å². The highest BCUT2D eigenvalue weighted by molar-refractivity contribution is 5.39. The Morgan fingerprint density at radius 1 is 1.36 bits per heavy atom. The molecule has 1 fully saturated rings. The van der Waals surface area contributed by atoms with Gasteiger partial charge in [0.15, 0.2) is 11.6 Å². The van der Waals surface area contributed by atoms with Crippen LogP contribution in [0.1, 0.15) is 12.0 Å². The lowest BCUT2D eigenvalue weighted by molar-refractivity contribution is 0.0890. The second-order valence-electron chi connectivity index (χ2n) is 3.52. The molecule has 1 atom stereocenters. The van der Waals surface area contributed by atoms with Crippen LogP contribution in [-0.2, 0) is 5.54 Å². The lowest BCUT2D eigenvalue weighted by atomic mass is 10.1. The van der Waals surface area contributed by atoms with E-state index in [-0.39, 0.29) is 5.56 Å². The molecule has 1 aliphatic rings. The normalized spacial score (nSPS) is 28.9. The van der Waals surface area contributed by atoms with Gasteiger partial charge in [-0.2, -0.15) is 0 Å². The number of aromatic hydroxyl groups is 1. The van der Waals surface area contributed by atoms with Crippen molar-refractivity contribution in [1.82, 2.24) is 0 Å². The molecule has 5 heteroatoms. The van der Waals surface area contributed by atoms with Gasteiger partial charge in [-0.25, -0.2) is 13.2 Å². The second kappa shape index (κ2) is 2.42. The van der Waals surface area contributed by atoms with Crippen molar-refractivity contribution in [3.8, 4) is 5.75 Å². The van der Waals surface area contributed by atoms with Gasteiger partial charge in [-0.3, -0.25) is 0 Å². The number of phenolic OH excluding ortho intramolecular Hbond substituents is 1. The van der Waals surface area contributed by atoms with E-state index < -0.39 is 29.4 Å². The summed E-state index contributed by atoms with van der Waals surface area (Å²) < 4.78 is 38.4. The van der Waals surface area contributed by atoms with Crippen molar-refractivity contribution in [2.45, 2.75) is 17.9 Å². The van der Waals surface area contributed by atoms with E-state index in [1.54, 1.807) is 0 Å². The van der Waals surface area contributed by atoms with Crippen molar-refractivity contribution in [1.29, 1.82) is 0 Å². The molecular formula is C9H8F3NO. The summed E-state index contributed by atoms with van der Waals surface area (Å²) in [6.45, 7) is 0. The zero-order valence-electron chi connectivity index (χ0n) is 7.10. The van der Waals surface area contributed by atoms with Gasteiger partial charge in [0.25, 0.3) is 5.92 Å². The van der Waals surface area contributed by atoms with Crippen LogP contribution in [0.3, 0.4) is 0 Å². The van der Waals surface area contributed by atoms with Crippen LogP contribution in [0.4, 0.5) is 13.2 Å². The molecule has 3 N–H and O–H groups in total. The Morgan fingerprint density at radius 2 is 1.93 bits per heavy atom. The predicted molar refractivity (Wildman–Crippen MR) is 43.5 cm³/mol. The highest BCUT2D eigenvalue weighted by atomic mass is 19.3. The summed E-state index contributed by atoms with van der Waals surface area (Å²) in [6.07, 6.45) is -0.482. The van der Waals surface area contributed by atoms with E-state index >= 15 is 0 Å². The number of phenols is 1. The Morgan fingerprint density at radius 3 is 2.36 bits per heavy atom. The topological polar surface area (TPSA) is 46.2 Å². The average Bonchev–Trinajstić information content (AvgIpc) is 2.58. The van der Waals surface area contributed by atoms with Crippen molar-refractivity contribution < 1.29 is 18.3 Å². The Kier molecular flexibility index (Phi) is 1.61. The predicted octanol–water partition coefficient (Wildman–Crippen LogP) is 1.72. The zero-order valence-corrected chi connectivity index (χ0v) is 7.10. The number of hydrogen-bond donors (Lipinski definition) is 2. The smallest absolute Gasteiger partial charge is 0.272 e. The fourth-order valence-electron chi connectivity index (χ4n) is 1.40. The minimum Gasteiger partial charge on any atom is -0.505 e. The Balaban J connectivity index is 2.40. The maximum absolute atomic E-state index is 12.8. The first-order chi connectivity index (χ1) is 6.37. The van der Waals surface area contributed by atoms with Gasteiger partial charge in [-0.05, 0) is 17.7 Å². The minimum atomic E-state index is -2.98. The molecule has 76 valence electrons. The highest BCUT2D eigenvalue weighted by Gasteiger charge is 2.70. The summed E-state index contributed by atoms with van der Waals surface area (Å²) in [5.74, 6) is -4.48. The van der Waals surface area contributed by atoms with Crippen molar-refractivity contribution in [2.75, 3.05) is 0 Å². The summed E-state index contributed by atoms with van der Waals surface area (Å²) in [5.41, 5.74) is 3.62. The first-order valence-corrected chi connectivity index (χ1v) is 4.02. The quantitative estimate of drug-likeness (QED) is 0.730. The fraction of sp³-hybridized carbons (Fsp3) is 0.333. The first-order valence-electron chi connectivity index (χ1n) is 4.02. The van der Waals surface area contributed by atoms with Gasteiger partial charge >= 0.3 is 0 Å². The van der Waals surface area contributed by atoms with Gasteiger partial charge in [0.05, 0.1) is 0 Å². The summed E-state index contributed by atoms with van der Waals surface area (Å²) in [4.78, 5) is 0. The molecule has 1 aromatic carbocycles. The van der Waals surface area contributed by atoms with Crippen molar-refractivity contribution in [2.24, 2.45) is 5.73 Å². The van der Waals surface area contributed by atoms with E-state index in [1.165, 1.54) is 6.07 Å². The number of nitrogens with two attached hydrogens (primary N) is 1. The monoisotopic (exact) mass is 203 g/mol. The van der Waals surface area contributed by atoms with Crippen molar-refractivity contribution >= 4 is 0 Å². The van der Waals surface area contributed by atoms with Crippen LogP contribution in [0.2, 0.25) is 0 Å². The maximum Gasteiger partial charge on any atom is 0.272 e. The van der Waals surface area contributed by atoms with Crippen LogP contribution in [0.25, 0.3) is 0 Å². The molecule has 0 aliphatic heterocycles. The fourth-order valence-corrected chi connectivity index (χ4v) is 1.40. The van der Waals surface area contributed by atoms with Crippen LogP contribution < -0.4 is 5.73 Å². The van der Waals surface area contributed by atoms with Crippen LogP contribution >= 0.6 is 0 Å². The molecule has 0 radical (unpaired) electrons. The van der Waals surface area contributed by atoms with Gasteiger partial charge in [-0.1, -0.05) is 6.07 Å². The first kappa shape index (κ1) is 9.33. The van der Waals surface area contributed by atoms with Crippen molar-refractivity contribution in [3.05, 3.63) is 29.6 Å². The van der Waals surface area contributed by atoms with Crippen LogP contribution in [-0.4, -0.2) is 11.0 Å². The van der Waals surface area contributed by atoms with E-state index in [9.17, 15) is 13.2 Å². The van der Waals surface area contributed by atoms with Gasteiger partial charge in [0.2, 0.25) is 0 Å². The molecule has 1 unspecified atom stereocenters. The average molecular weight is 203 g/mol. The van der Waals surface area contributed by atoms with E-state index in [1.807, 2.05) is 0 Å². The second-order valence-corrected chi connectivity index (χ2v) is 3.52. The summed E-state index contributed by atoms with van der Waals surface area (Å²) in [6, 6.07) is 3.07. The summed E-state index contributed by atoms with van der Waals surface area (Å²) in [5, 5.41) is 8.86. The van der Waals surface area contributed by atoms with E-state index in [0.29, 0.717) is 0 Å². The van der Waals surface area contributed by atoms with E-state index in [4.69, 9.17) is 10.8 Å². The molecule has 1 aromatic rings. The third kappa shape index (κ3) is 1.09. The van der Waals surface area contributed by atoms with Gasteiger partial charge in [0.1, 0.15) is 5.54 Å². The SMILES string of the molecule is NC1(c2ccc(O)c(F)c2)CC1(F)F. The Hall–Kier alpha value is -1.23. The number of alkyl halides is 2. The number of hydrogen-bond acceptors (Lipinski definition) is 2. The molecule has 2 rings (SSSR count). The maximum atomic E-state index is 12.8. The molecular weight excluding hydrogens is 195 g/mol. The molecule has 0 amide bonds. The summed E-state index contributed by atoms with van der Waals surface area (Å²) >= 11 is 0. The largest absolute Gasteiger partial charge is 0.505 e. The molecule has 1 aliphatic carbocycles. The van der Waals surface area contributed by atoms with E-state index in [0.717, 1.165) is 12.1 Å². The lowest BCUT2D eigenvalue weighted by Crippen LogP contribution is -2.27. The molecule has 0 bridgehead atoms. The molecule has 14 heavy (non-hydrogen) atoms. The lowest BCUT2D eigenvalue weighted by Gasteiger charge is -2.10. The van der Waals surface area contributed by atoms with Gasteiger partial charge < -0.3 is 10.8 Å². The number of rotatable bonds is 1. The van der Waals surface area contributed by atoms with Crippen LogP contribution in [0.5, 0.6) is 5.75 Å². The minimum absolute atomic E-state index is 0.0119. The Labute approximate surface area is 78.2 Å². The molecule has 0 heterocycles. The van der Waals surface area contributed by atoms with Gasteiger partial charge in [0, 0.05) is 6.42 Å². The molecule has 0 aromatic heterocycles. The molecule has 0 spiro atoms. The highest BCUT2D eigenvalue weighted by Crippen LogP contribution is 2.57. The summed E-state index contributed by atoms with van der Waals surface area (Å²) in [7, 11) is 0. The van der Waals surface area contributed by atoms with E-state index in [2.05, 4.69) is 0 Å². The Bertz CT molecular complexity index is 394. The standard InChI is InChI=1S/C9H8F3NO/c10-6-3-5(1-2-7(6)14)8(13)4-9(8,11)12/h1-3,14H,4,13H2. The zero-order chi connectivity index (χ0) is 10.6.